The molecule has 0 spiro atoms. The average molecular weight is 432 g/mol. The summed E-state index contributed by atoms with van der Waals surface area (Å²) in [5.74, 6) is 0.0201. The number of halogens is 2. The molecule has 5 nitrogen and oxygen atoms in total. The first kappa shape index (κ1) is 20.6. The summed E-state index contributed by atoms with van der Waals surface area (Å²) >= 11 is 1.38. The molecular formula is C22H22F2N2O3S. The van der Waals surface area contributed by atoms with Crippen LogP contribution >= 0.6 is 11.3 Å². The van der Waals surface area contributed by atoms with Gasteiger partial charge < -0.3 is 18.8 Å². The van der Waals surface area contributed by atoms with Crippen molar-refractivity contribution in [1.29, 1.82) is 0 Å². The fourth-order valence-corrected chi connectivity index (χ4v) is 4.41. The molecule has 3 aromatic rings. The Morgan fingerprint density at radius 1 is 1.17 bits per heavy atom. The molecule has 0 saturated carbocycles. The maximum Gasteiger partial charge on any atom is 0.190 e. The topological polar surface area (TPSA) is 45.0 Å². The van der Waals surface area contributed by atoms with Crippen LogP contribution in [0.3, 0.4) is 0 Å². The van der Waals surface area contributed by atoms with Crippen molar-refractivity contribution in [2.75, 3.05) is 20.8 Å². The summed E-state index contributed by atoms with van der Waals surface area (Å²) in [5, 5.41) is 1.96. The summed E-state index contributed by atoms with van der Waals surface area (Å²) in [6.45, 7) is 1.31. The Morgan fingerprint density at radius 3 is 2.73 bits per heavy atom. The minimum Gasteiger partial charge on any atom is -0.497 e. The predicted molar refractivity (Wildman–Crippen MR) is 111 cm³/mol. The molecule has 0 radical (unpaired) electrons. The fourth-order valence-electron chi connectivity index (χ4n) is 3.49. The van der Waals surface area contributed by atoms with E-state index < -0.39 is 11.6 Å². The van der Waals surface area contributed by atoms with E-state index in [-0.39, 0.29) is 11.8 Å². The highest BCUT2D eigenvalue weighted by Crippen LogP contribution is 2.34. The van der Waals surface area contributed by atoms with E-state index in [2.05, 4.69) is 4.99 Å². The number of hydrogen-bond donors (Lipinski definition) is 0. The van der Waals surface area contributed by atoms with E-state index in [0.717, 1.165) is 36.8 Å². The van der Waals surface area contributed by atoms with Gasteiger partial charge in [0.2, 0.25) is 0 Å². The molecule has 2 heterocycles. The van der Waals surface area contributed by atoms with E-state index in [1.54, 1.807) is 14.2 Å². The molecule has 2 aromatic carbocycles. The predicted octanol–water partition coefficient (Wildman–Crippen LogP) is 4.92. The first-order chi connectivity index (χ1) is 14.6. The van der Waals surface area contributed by atoms with Gasteiger partial charge in [-0.25, -0.2) is 13.8 Å². The van der Waals surface area contributed by atoms with E-state index in [1.807, 2.05) is 28.1 Å². The molecule has 1 saturated heterocycles. The van der Waals surface area contributed by atoms with Gasteiger partial charge in [0.1, 0.15) is 23.0 Å². The monoisotopic (exact) mass is 432 g/mol. The van der Waals surface area contributed by atoms with Crippen LogP contribution in [0.1, 0.15) is 12.8 Å². The van der Waals surface area contributed by atoms with Crippen LogP contribution in [0.4, 0.5) is 14.5 Å². The number of ether oxygens (including phenoxy) is 3. The Labute approximate surface area is 177 Å². The van der Waals surface area contributed by atoms with Crippen molar-refractivity contribution in [3.8, 4) is 22.8 Å². The van der Waals surface area contributed by atoms with Crippen LogP contribution in [0.5, 0.6) is 11.5 Å². The summed E-state index contributed by atoms with van der Waals surface area (Å²) in [7, 11) is 3.21. The lowest BCUT2D eigenvalue weighted by Gasteiger charge is -2.16. The zero-order chi connectivity index (χ0) is 21.1. The summed E-state index contributed by atoms with van der Waals surface area (Å²) in [5.41, 5.74) is 1.84. The summed E-state index contributed by atoms with van der Waals surface area (Å²) in [6, 6.07) is 8.99. The van der Waals surface area contributed by atoms with Gasteiger partial charge in [-0.2, -0.15) is 0 Å². The lowest BCUT2D eigenvalue weighted by atomic mass is 10.1. The molecule has 1 aromatic heterocycles. The van der Waals surface area contributed by atoms with Crippen LogP contribution < -0.4 is 14.3 Å². The number of benzene rings is 2. The molecule has 1 fully saturated rings. The van der Waals surface area contributed by atoms with Gasteiger partial charge >= 0.3 is 0 Å². The van der Waals surface area contributed by atoms with Gasteiger partial charge in [0.15, 0.2) is 10.6 Å². The highest BCUT2D eigenvalue weighted by molar-refractivity contribution is 7.07. The first-order valence-electron chi connectivity index (χ1n) is 9.61. The Hall–Kier alpha value is -2.71. The molecule has 1 aliphatic rings. The van der Waals surface area contributed by atoms with Gasteiger partial charge in [-0.15, -0.1) is 11.3 Å². The van der Waals surface area contributed by atoms with Gasteiger partial charge in [0, 0.05) is 29.7 Å². The summed E-state index contributed by atoms with van der Waals surface area (Å²) in [4.78, 5) is 5.08. The molecule has 1 aliphatic heterocycles. The second kappa shape index (κ2) is 8.97. The standard InChI is InChI=1S/C22H22F2N2O3S/c1-27-15-6-7-17(21(11-15)28-2)20-13-30-22(26(20)12-16-4-3-9-29-16)25-19-8-5-14(23)10-18(19)24/h5-8,10-11,13,16H,3-4,9,12H2,1-2H3. The van der Waals surface area contributed by atoms with E-state index >= 15 is 0 Å². The molecule has 0 bridgehead atoms. The molecule has 4 rings (SSSR count). The number of rotatable bonds is 6. The molecule has 158 valence electrons. The average Bonchev–Trinajstić information content (AvgIpc) is 3.40. The van der Waals surface area contributed by atoms with Crippen molar-refractivity contribution in [2.45, 2.75) is 25.5 Å². The van der Waals surface area contributed by atoms with Gasteiger partial charge in [0.25, 0.3) is 0 Å². The minimum absolute atomic E-state index is 0.0552. The lowest BCUT2D eigenvalue weighted by molar-refractivity contribution is 0.0968. The van der Waals surface area contributed by atoms with Gasteiger partial charge in [-0.05, 0) is 37.1 Å². The molecule has 1 unspecified atom stereocenters. The Kier molecular flexibility index (Phi) is 6.15. The first-order valence-corrected chi connectivity index (χ1v) is 10.5. The normalized spacial score (nSPS) is 16.8. The highest BCUT2D eigenvalue weighted by Gasteiger charge is 2.21. The zero-order valence-corrected chi connectivity index (χ0v) is 17.5. The van der Waals surface area contributed by atoms with Crippen molar-refractivity contribution in [2.24, 2.45) is 4.99 Å². The van der Waals surface area contributed by atoms with Gasteiger partial charge in [0.05, 0.1) is 32.6 Å². The zero-order valence-electron chi connectivity index (χ0n) is 16.7. The molecule has 0 N–H and O–H groups in total. The third kappa shape index (κ3) is 4.24. The number of methoxy groups -OCH3 is 2. The number of hydrogen-bond acceptors (Lipinski definition) is 5. The summed E-state index contributed by atoms with van der Waals surface area (Å²) in [6.07, 6.45) is 2.02. The van der Waals surface area contributed by atoms with Gasteiger partial charge in [-0.1, -0.05) is 0 Å². The van der Waals surface area contributed by atoms with Crippen LogP contribution in [0.2, 0.25) is 0 Å². The van der Waals surface area contributed by atoms with Gasteiger partial charge in [-0.3, -0.25) is 0 Å². The second-order valence-corrected chi connectivity index (χ2v) is 7.76. The van der Waals surface area contributed by atoms with Crippen LogP contribution in [-0.2, 0) is 11.3 Å². The Morgan fingerprint density at radius 2 is 2.03 bits per heavy atom. The maximum absolute atomic E-state index is 14.2. The van der Waals surface area contributed by atoms with Crippen LogP contribution in [0, 0.1) is 11.6 Å². The maximum atomic E-state index is 14.2. The minimum atomic E-state index is -0.698. The number of thiazole rings is 1. The number of nitrogens with zero attached hydrogens (tertiary/aromatic N) is 2. The molecule has 8 heteroatoms. The molecule has 0 amide bonds. The van der Waals surface area contributed by atoms with Crippen molar-refractivity contribution in [1.82, 2.24) is 4.57 Å². The van der Waals surface area contributed by atoms with E-state index in [4.69, 9.17) is 14.2 Å². The second-order valence-electron chi connectivity index (χ2n) is 6.92. The van der Waals surface area contributed by atoms with Crippen molar-refractivity contribution >= 4 is 17.0 Å². The van der Waals surface area contributed by atoms with Crippen molar-refractivity contribution in [3.63, 3.8) is 0 Å². The Balaban J connectivity index is 1.84. The van der Waals surface area contributed by atoms with Crippen molar-refractivity contribution < 1.29 is 23.0 Å². The quantitative estimate of drug-likeness (QED) is 0.555. The SMILES string of the molecule is COc1ccc(-c2csc(=Nc3ccc(F)cc3F)n2CC2CCCO2)c(OC)c1. The lowest BCUT2D eigenvalue weighted by Crippen LogP contribution is -2.24. The number of aromatic nitrogens is 1. The van der Waals surface area contributed by atoms with Crippen LogP contribution in [0.25, 0.3) is 11.3 Å². The van der Waals surface area contributed by atoms with E-state index in [9.17, 15) is 8.78 Å². The van der Waals surface area contributed by atoms with E-state index in [1.165, 1.54) is 23.5 Å². The van der Waals surface area contributed by atoms with E-state index in [0.29, 0.717) is 22.8 Å². The Bertz CT molecular complexity index is 1100. The summed E-state index contributed by atoms with van der Waals surface area (Å²) < 4.78 is 46.2. The largest absolute Gasteiger partial charge is 0.497 e. The smallest absolute Gasteiger partial charge is 0.190 e. The van der Waals surface area contributed by atoms with Crippen LogP contribution in [0.15, 0.2) is 46.8 Å². The molecule has 0 aliphatic carbocycles. The third-order valence-corrected chi connectivity index (χ3v) is 5.88. The third-order valence-electron chi connectivity index (χ3n) is 5.02. The van der Waals surface area contributed by atoms with Crippen molar-refractivity contribution in [3.05, 3.63) is 58.2 Å². The molecular weight excluding hydrogens is 410 g/mol. The fraction of sp³-hybridized carbons (Fsp3) is 0.318. The van der Waals surface area contributed by atoms with Crippen LogP contribution in [-0.4, -0.2) is 31.5 Å². The molecule has 1 atom stereocenters. The molecule has 30 heavy (non-hydrogen) atoms. The highest BCUT2D eigenvalue weighted by atomic mass is 32.1.